The monoisotopic (exact) mass is 340 g/mol. The zero-order valence-corrected chi connectivity index (χ0v) is 14.5. The summed E-state index contributed by atoms with van der Waals surface area (Å²) in [6, 6.07) is 11.2. The van der Waals surface area contributed by atoms with E-state index >= 15 is 0 Å². The van der Waals surface area contributed by atoms with Crippen LogP contribution in [0, 0.1) is 13.8 Å². The first-order chi connectivity index (χ1) is 12.0. The molecule has 2 aromatic carbocycles. The highest BCUT2D eigenvalue weighted by Gasteiger charge is 2.14. The van der Waals surface area contributed by atoms with Gasteiger partial charge in [0.25, 0.3) is 5.91 Å². The second-order valence-corrected chi connectivity index (χ2v) is 5.83. The topological polar surface area (TPSA) is 69.2 Å². The fourth-order valence-corrected chi connectivity index (χ4v) is 2.32. The zero-order chi connectivity index (χ0) is 17.8. The Kier molecular flexibility index (Phi) is 4.88. The van der Waals surface area contributed by atoms with Gasteiger partial charge in [0, 0.05) is 5.56 Å². The largest absolute Gasteiger partial charge is 0.484 e. The Morgan fingerprint density at radius 2 is 1.92 bits per heavy atom. The summed E-state index contributed by atoms with van der Waals surface area (Å²) in [6.45, 7) is 5.96. The van der Waals surface area contributed by atoms with E-state index < -0.39 is 0 Å². The number of hydrogen-bond acceptors (Lipinski definition) is 5. The third-order valence-electron chi connectivity index (χ3n) is 3.99. The lowest BCUT2D eigenvalue weighted by molar-refractivity contribution is -0.123. The van der Waals surface area contributed by atoms with E-state index in [-0.39, 0.29) is 19.3 Å². The SMILES string of the molecule is C/C(=N/NC(=O)COc1ccc(C)c(C)c1)c1ccc2c(c1)OCO2. The van der Waals surface area contributed by atoms with Gasteiger partial charge in [-0.3, -0.25) is 4.79 Å². The molecule has 0 saturated heterocycles. The number of nitrogens with zero attached hydrogens (tertiary/aromatic N) is 1. The lowest BCUT2D eigenvalue weighted by Crippen LogP contribution is -2.25. The molecule has 0 aromatic heterocycles. The molecule has 0 unspecified atom stereocenters. The van der Waals surface area contributed by atoms with E-state index in [4.69, 9.17) is 14.2 Å². The van der Waals surface area contributed by atoms with E-state index in [0.29, 0.717) is 23.0 Å². The predicted octanol–water partition coefficient (Wildman–Crippen LogP) is 2.95. The van der Waals surface area contributed by atoms with Gasteiger partial charge in [0.05, 0.1) is 5.71 Å². The lowest BCUT2D eigenvalue weighted by atomic mass is 10.1. The van der Waals surface area contributed by atoms with Crippen LogP contribution in [0.2, 0.25) is 0 Å². The fourth-order valence-electron chi connectivity index (χ4n) is 2.32. The quantitative estimate of drug-likeness (QED) is 0.671. The van der Waals surface area contributed by atoms with Crippen LogP contribution in [0.1, 0.15) is 23.6 Å². The molecule has 25 heavy (non-hydrogen) atoms. The summed E-state index contributed by atoms with van der Waals surface area (Å²) in [4.78, 5) is 11.9. The predicted molar refractivity (Wildman–Crippen MR) is 94.3 cm³/mol. The second-order valence-electron chi connectivity index (χ2n) is 5.83. The van der Waals surface area contributed by atoms with Crippen LogP contribution in [0.25, 0.3) is 0 Å². The number of carbonyl (C=O) groups is 1. The molecule has 6 heteroatoms. The van der Waals surface area contributed by atoms with E-state index in [2.05, 4.69) is 10.5 Å². The molecule has 1 aliphatic rings. The summed E-state index contributed by atoms with van der Waals surface area (Å²) in [7, 11) is 0. The minimum absolute atomic E-state index is 0.0968. The van der Waals surface area contributed by atoms with Crippen molar-refractivity contribution in [3.8, 4) is 17.2 Å². The van der Waals surface area contributed by atoms with Crippen LogP contribution < -0.4 is 19.6 Å². The first kappa shape index (κ1) is 16.8. The molecule has 0 fully saturated rings. The van der Waals surface area contributed by atoms with Crippen LogP contribution in [-0.2, 0) is 4.79 Å². The van der Waals surface area contributed by atoms with Crippen molar-refractivity contribution in [3.63, 3.8) is 0 Å². The minimum atomic E-state index is -0.321. The number of carbonyl (C=O) groups excluding carboxylic acids is 1. The first-order valence-corrected chi connectivity index (χ1v) is 7.96. The molecule has 1 heterocycles. The van der Waals surface area contributed by atoms with Gasteiger partial charge in [-0.15, -0.1) is 0 Å². The van der Waals surface area contributed by atoms with E-state index in [9.17, 15) is 4.79 Å². The first-order valence-electron chi connectivity index (χ1n) is 7.96. The molecule has 6 nitrogen and oxygen atoms in total. The number of aryl methyl sites for hydroxylation is 2. The van der Waals surface area contributed by atoms with Crippen LogP contribution in [0.5, 0.6) is 17.2 Å². The van der Waals surface area contributed by atoms with Gasteiger partial charge in [-0.2, -0.15) is 5.10 Å². The molecule has 1 amide bonds. The summed E-state index contributed by atoms with van der Waals surface area (Å²) >= 11 is 0. The summed E-state index contributed by atoms with van der Waals surface area (Å²) in [5.41, 5.74) is 6.31. The van der Waals surface area contributed by atoms with Crippen molar-refractivity contribution in [2.75, 3.05) is 13.4 Å². The minimum Gasteiger partial charge on any atom is -0.484 e. The zero-order valence-electron chi connectivity index (χ0n) is 14.5. The van der Waals surface area contributed by atoms with Crippen molar-refractivity contribution < 1.29 is 19.0 Å². The average Bonchev–Trinajstić information content (AvgIpc) is 3.08. The molecule has 3 rings (SSSR count). The molecular formula is C19H20N2O4. The molecule has 0 atom stereocenters. The molecule has 1 aliphatic heterocycles. The number of benzene rings is 2. The number of rotatable bonds is 5. The van der Waals surface area contributed by atoms with E-state index in [1.165, 1.54) is 5.56 Å². The molecular weight excluding hydrogens is 320 g/mol. The van der Waals surface area contributed by atoms with E-state index in [0.717, 1.165) is 11.1 Å². The molecule has 130 valence electrons. The maximum Gasteiger partial charge on any atom is 0.277 e. The third kappa shape index (κ3) is 4.09. The van der Waals surface area contributed by atoms with Gasteiger partial charge >= 0.3 is 0 Å². The fraction of sp³-hybridized carbons (Fsp3) is 0.263. The van der Waals surface area contributed by atoms with E-state index in [1.54, 1.807) is 0 Å². The van der Waals surface area contributed by atoms with Crippen LogP contribution in [0.3, 0.4) is 0 Å². The van der Waals surface area contributed by atoms with Gasteiger partial charge in [0.2, 0.25) is 6.79 Å². The lowest BCUT2D eigenvalue weighted by Gasteiger charge is -2.08. The standard InChI is InChI=1S/C19H20N2O4/c1-12-4-6-16(8-13(12)2)23-10-19(22)21-20-14(3)15-5-7-17-18(9-15)25-11-24-17/h4-9H,10-11H2,1-3H3,(H,21,22)/b20-14-. The Balaban J connectivity index is 1.55. The number of hydrazone groups is 1. The molecule has 2 aromatic rings. The second kappa shape index (κ2) is 7.25. The van der Waals surface area contributed by atoms with E-state index in [1.807, 2.05) is 57.2 Å². The molecule has 0 aliphatic carbocycles. The molecule has 0 spiro atoms. The average molecular weight is 340 g/mol. The summed E-state index contributed by atoms with van der Waals surface area (Å²) in [5, 5.41) is 4.10. The highest BCUT2D eigenvalue weighted by molar-refractivity contribution is 5.99. The number of fused-ring (bicyclic) bond motifs is 1. The van der Waals surface area contributed by atoms with Gasteiger partial charge in [-0.25, -0.2) is 5.43 Å². The van der Waals surface area contributed by atoms with Crippen molar-refractivity contribution >= 4 is 11.6 Å². The Hall–Kier alpha value is -3.02. The molecule has 0 radical (unpaired) electrons. The highest BCUT2D eigenvalue weighted by atomic mass is 16.7. The van der Waals surface area contributed by atoms with Crippen LogP contribution in [0.4, 0.5) is 0 Å². The number of ether oxygens (including phenoxy) is 3. The van der Waals surface area contributed by atoms with Crippen molar-refractivity contribution in [1.82, 2.24) is 5.43 Å². The van der Waals surface area contributed by atoms with Crippen LogP contribution in [-0.4, -0.2) is 25.0 Å². The number of nitrogens with one attached hydrogen (secondary N) is 1. The Labute approximate surface area is 146 Å². The number of hydrogen-bond donors (Lipinski definition) is 1. The maximum atomic E-state index is 11.9. The van der Waals surface area contributed by atoms with Gasteiger partial charge in [-0.1, -0.05) is 6.07 Å². The smallest absolute Gasteiger partial charge is 0.277 e. The van der Waals surface area contributed by atoms with Gasteiger partial charge in [0.15, 0.2) is 18.1 Å². The van der Waals surface area contributed by atoms with Gasteiger partial charge < -0.3 is 14.2 Å². The van der Waals surface area contributed by atoms with Crippen molar-refractivity contribution in [1.29, 1.82) is 0 Å². The number of amides is 1. The van der Waals surface area contributed by atoms with Crippen molar-refractivity contribution in [2.45, 2.75) is 20.8 Å². The summed E-state index contributed by atoms with van der Waals surface area (Å²) in [6.07, 6.45) is 0. The normalized spacial score (nSPS) is 12.8. The maximum absolute atomic E-state index is 11.9. The van der Waals surface area contributed by atoms with Crippen molar-refractivity contribution in [3.05, 3.63) is 53.1 Å². The Bertz CT molecular complexity index is 830. The molecule has 0 bridgehead atoms. The van der Waals surface area contributed by atoms with Crippen molar-refractivity contribution in [2.24, 2.45) is 5.10 Å². The van der Waals surface area contributed by atoms with Gasteiger partial charge in [0.1, 0.15) is 5.75 Å². The third-order valence-corrected chi connectivity index (χ3v) is 3.99. The highest BCUT2D eigenvalue weighted by Crippen LogP contribution is 2.32. The van der Waals surface area contributed by atoms with Crippen LogP contribution in [0.15, 0.2) is 41.5 Å². The molecule has 0 saturated carbocycles. The summed E-state index contributed by atoms with van der Waals surface area (Å²) < 4.78 is 16.1. The van der Waals surface area contributed by atoms with Gasteiger partial charge in [-0.05, 0) is 62.2 Å². The molecule has 1 N–H and O–H groups in total. The van der Waals surface area contributed by atoms with Crippen LogP contribution >= 0.6 is 0 Å². The summed E-state index contributed by atoms with van der Waals surface area (Å²) in [5.74, 6) is 1.73. The Morgan fingerprint density at radius 3 is 2.72 bits per heavy atom. The Morgan fingerprint density at radius 1 is 1.12 bits per heavy atom.